The van der Waals surface area contributed by atoms with Gasteiger partial charge >= 0.3 is 5.97 Å². The Kier molecular flexibility index (Phi) is 6.28. The molecule has 1 rings (SSSR count). The summed E-state index contributed by atoms with van der Waals surface area (Å²) in [5, 5.41) is 2.77. The Morgan fingerprint density at radius 2 is 1.94 bits per heavy atom. The molecule has 0 saturated heterocycles. The summed E-state index contributed by atoms with van der Waals surface area (Å²) in [6.45, 7) is 2.12. The standard InChI is InChI=1S/C13H17NO3S/c1-3-17-13(16)10-4-6-11(7-5-10)14-12(15)8-9-18-2/h4-7H,3,8-9H2,1-2H3,(H,14,15). The Morgan fingerprint density at radius 1 is 1.28 bits per heavy atom. The molecule has 0 aliphatic heterocycles. The fourth-order valence-corrected chi connectivity index (χ4v) is 1.71. The number of ether oxygens (including phenoxy) is 1. The molecule has 0 bridgehead atoms. The summed E-state index contributed by atoms with van der Waals surface area (Å²) in [6.07, 6.45) is 2.45. The van der Waals surface area contributed by atoms with Gasteiger partial charge in [-0.2, -0.15) is 11.8 Å². The zero-order chi connectivity index (χ0) is 13.4. The number of hydrogen-bond acceptors (Lipinski definition) is 4. The molecule has 1 aromatic rings. The van der Waals surface area contributed by atoms with Gasteiger partial charge in [-0.3, -0.25) is 4.79 Å². The predicted octanol–water partition coefficient (Wildman–Crippen LogP) is 2.55. The van der Waals surface area contributed by atoms with E-state index in [9.17, 15) is 9.59 Å². The van der Waals surface area contributed by atoms with E-state index in [2.05, 4.69) is 5.32 Å². The number of amides is 1. The molecule has 0 spiro atoms. The van der Waals surface area contributed by atoms with Gasteiger partial charge in [-0.25, -0.2) is 4.79 Å². The van der Waals surface area contributed by atoms with Crippen LogP contribution in [-0.2, 0) is 9.53 Å². The van der Waals surface area contributed by atoms with Gasteiger partial charge in [-0.05, 0) is 37.4 Å². The number of carbonyl (C=O) groups is 2. The monoisotopic (exact) mass is 267 g/mol. The maximum Gasteiger partial charge on any atom is 0.338 e. The lowest BCUT2D eigenvalue weighted by Crippen LogP contribution is -2.12. The first-order chi connectivity index (χ1) is 8.67. The predicted molar refractivity (Wildman–Crippen MR) is 74.0 cm³/mol. The van der Waals surface area contributed by atoms with Gasteiger partial charge in [-0.1, -0.05) is 0 Å². The number of thioether (sulfide) groups is 1. The zero-order valence-corrected chi connectivity index (χ0v) is 11.4. The van der Waals surface area contributed by atoms with Crippen LogP contribution in [0.5, 0.6) is 0 Å². The van der Waals surface area contributed by atoms with E-state index in [0.717, 1.165) is 5.75 Å². The summed E-state index contributed by atoms with van der Waals surface area (Å²) in [5.41, 5.74) is 1.17. The largest absolute Gasteiger partial charge is 0.462 e. The second kappa shape index (κ2) is 7.76. The summed E-state index contributed by atoms with van der Waals surface area (Å²) >= 11 is 1.63. The number of anilines is 1. The summed E-state index contributed by atoms with van der Waals surface area (Å²) in [5.74, 6) is 0.429. The minimum atomic E-state index is -0.349. The van der Waals surface area contributed by atoms with Crippen LogP contribution < -0.4 is 5.32 Å². The van der Waals surface area contributed by atoms with E-state index in [1.807, 2.05) is 6.26 Å². The average Bonchev–Trinajstić information content (AvgIpc) is 2.37. The van der Waals surface area contributed by atoms with Crippen molar-refractivity contribution < 1.29 is 14.3 Å². The quantitative estimate of drug-likeness (QED) is 0.805. The van der Waals surface area contributed by atoms with Gasteiger partial charge in [0.15, 0.2) is 0 Å². The molecule has 0 aliphatic carbocycles. The van der Waals surface area contributed by atoms with E-state index in [4.69, 9.17) is 4.74 Å². The zero-order valence-electron chi connectivity index (χ0n) is 10.6. The first kappa shape index (κ1) is 14.6. The molecule has 18 heavy (non-hydrogen) atoms. The van der Waals surface area contributed by atoms with E-state index < -0.39 is 0 Å². The molecule has 0 unspecified atom stereocenters. The molecule has 1 N–H and O–H groups in total. The maximum absolute atomic E-state index is 11.5. The van der Waals surface area contributed by atoms with Crippen LogP contribution >= 0.6 is 11.8 Å². The van der Waals surface area contributed by atoms with Crippen molar-refractivity contribution in [3.05, 3.63) is 29.8 Å². The minimum Gasteiger partial charge on any atom is -0.462 e. The van der Waals surface area contributed by atoms with Gasteiger partial charge in [0.2, 0.25) is 5.91 Å². The first-order valence-electron chi connectivity index (χ1n) is 5.73. The smallest absolute Gasteiger partial charge is 0.338 e. The van der Waals surface area contributed by atoms with Crippen LogP contribution in [0.2, 0.25) is 0 Å². The lowest BCUT2D eigenvalue weighted by Gasteiger charge is -2.06. The lowest BCUT2D eigenvalue weighted by molar-refractivity contribution is -0.115. The van der Waals surface area contributed by atoms with Crippen LogP contribution in [0.3, 0.4) is 0 Å². The molecular formula is C13H17NO3S. The fraction of sp³-hybridized carbons (Fsp3) is 0.385. The average molecular weight is 267 g/mol. The Morgan fingerprint density at radius 3 is 2.50 bits per heavy atom. The summed E-state index contributed by atoms with van der Waals surface area (Å²) < 4.78 is 4.87. The van der Waals surface area contributed by atoms with Gasteiger partial charge in [-0.15, -0.1) is 0 Å². The molecule has 4 nitrogen and oxygen atoms in total. The third-order valence-corrected chi connectivity index (χ3v) is 2.83. The van der Waals surface area contributed by atoms with E-state index in [0.29, 0.717) is 24.3 Å². The molecule has 1 amide bonds. The van der Waals surface area contributed by atoms with Crippen LogP contribution in [0.25, 0.3) is 0 Å². The Hall–Kier alpha value is -1.49. The molecule has 0 heterocycles. The second-order valence-electron chi connectivity index (χ2n) is 3.59. The number of hydrogen-bond donors (Lipinski definition) is 1. The molecule has 1 aromatic carbocycles. The molecule has 0 atom stereocenters. The van der Waals surface area contributed by atoms with Crippen molar-refractivity contribution in [2.45, 2.75) is 13.3 Å². The van der Waals surface area contributed by atoms with E-state index in [1.165, 1.54) is 0 Å². The number of nitrogens with one attached hydrogen (secondary N) is 1. The van der Waals surface area contributed by atoms with Crippen molar-refractivity contribution in [2.75, 3.05) is 23.9 Å². The van der Waals surface area contributed by atoms with Crippen LogP contribution in [0.1, 0.15) is 23.7 Å². The lowest BCUT2D eigenvalue weighted by atomic mass is 10.2. The van der Waals surface area contributed by atoms with Gasteiger partial charge in [0.1, 0.15) is 0 Å². The van der Waals surface area contributed by atoms with Crippen LogP contribution in [-0.4, -0.2) is 30.5 Å². The van der Waals surface area contributed by atoms with E-state index in [1.54, 1.807) is 43.0 Å². The van der Waals surface area contributed by atoms with Crippen molar-refractivity contribution in [1.29, 1.82) is 0 Å². The number of benzene rings is 1. The van der Waals surface area contributed by atoms with E-state index >= 15 is 0 Å². The Labute approximate surface area is 111 Å². The van der Waals surface area contributed by atoms with Gasteiger partial charge in [0.25, 0.3) is 0 Å². The van der Waals surface area contributed by atoms with Crippen molar-refractivity contribution in [2.24, 2.45) is 0 Å². The highest BCUT2D eigenvalue weighted by atomic mass is 32.2. The molecule has 0 aliphatic rings. The van der Waals surface area contributed by atoms with Gasteiger partial charge < -0.3 is 10.1 Å². The summed E-state index contributed by atoms with van der Waals surface area (Å²) in [6, 6.07) is 6.68. The highest BCUT2D eigenvalue weighted by molar-refractivity contribution is 7.98. The molecule has 0 saturated carbocycles. The van der Waals surface area contributed by atoms with Crippen LogP contribution in [0, 0.1) is 0 Å². The Bertz CT molecular complexity index is 403. The number of carbonyl (C=O) groups excluding carboxylic acids is 2. The van der Waals surface area contributed by atoms with Crippen LogP contribution in [0.15, 0.2) is 24.3 Å². The third kappa shape index (κ3) is 4.79. The highest BCUT2D eigenvalue weighted by Gasteiger charge is 2.06. The first-order valence-corrected chi connectivity index (χ1v) is 7.12. The summed E-state index contributed by atoms with van der Waals surface area (Å²) in [4.78, 5) is 22.9. The van der Waals surface area contributed by atoms with Crippen LogP contribution in [0.4, 0.5) is 5.69 Å². The second-order valence-corrected chi connectivity index (χ2v) is 4.57. The summed E-state index contributed by atoms with van der Waals surface area (Å²) in [7, 11) is 0. The van der Waals surface area contributed by atoms with Crippen molar-refractivity contribution >= 4 is 29.3 Å². The Balaban J connectivity index is 2.55. The topological polar surface area (TPSA) is 55.4 Å². The molecular weight excluding hydrogens is 250 g/mol. The van der Waals surface area contributed by atoms with Gasteiger partial charge in [0.05, 0.1) is 12.2 Å². The van der Waals surface area contributed by atoms with Crippen molar-refractivity contribution in [3.63, 3.8) is 0 Å². The highest BCUT2D eigenvalue weighted by Crippen LogP contribution is 2.11. The number of rotatable bonds is 6. The van der Waals surface area contributed by atoms with Gasteiger partial charge in [0, 0.05) is 17.9 Å². The molecule has 98 valence electrons. The SMILES string of the molecule is CCOC(=O)c1ccc(NC(=O)CCSC)cc1. The molecule has 0 aromatic heterocycles. The fourth-order valence-electron chi connectivity index (χ4n) is 1.32. The van der Waals surface area contributed by atoms with Crippen molar-refractivity contribution in [1.82, 2.24) is 0 Å². The van der Waals surface area contributed by atoms with Crippen molar-refractivity contribution in [3.8, 4) is 0 Å². The van der Waals surface area contributed by atoms with E-state index in [-0.39, 0.29) is 11.9 Å². The maximum atomic E-state index is 11.5. The third-order valence-electron chi connectivity index (χ3n) is 2.21. The minimum absolute atomic E-state index is 0.0202. The molecule has 0 radical (unpaired) electrons. The molecule has 0 fully saturated rings. The number of esters is 1. The normalized spacial score (nSPS) is 9.89. The molecule has 5 heteroatoms.